The summed E-state index contributed by atoms with van der Waals surface area (Å²) >= 11 is 0. The van der Waals surface area contributed by atoms with Crippen LogP contribution in [0.5, 0.6) is 11.5 Å². The Morgan fingerprint density at radius 1 is 0.974 bits per heavy atom. The first-order valence-electron chi connectivity index (χ1n) is 13.9. The fourth-order valence-electron chi connectivity index (χ4n) is 4.14. The minimum Gasteiger partial charge on any atom is -0.493 e. The summed E-state index contributed by atoms with van der Waals surface area (Å²) in [6.45, 7) is 23.1. The Kier molecular flexibility index (Phi) is 9.45. The van der Waals surface area contributed by atoms with Crippen LogP contribution in [-0.2, 0) is 13.7 Å². The van der Waals surface area contributed by atoms with Crippen LogP contribution >= 0.6 is 0 Å². The van der Waals surface area contributed by atoms with Crippen molar-refractivity contribution in [1.82, 2.24) is 4.98 Å². The van der Waals surface area contributed by atoms with Crippen LogP contribution in [0.3, 0.4) is 0 Å². The molecule has 1 aliphatic heterocycles. The van der Waals surface area contributed by atoms with Crippen molar-refractivity contribution >= 4 is 15.4 Å². The second-order valence-corrected chi connectivity index (χ2v) is 17.7. The van der Waals surface area contributed by atoms with Crippen molar-refractivity contribution in [3.8, 4) is 22.6 Å². The molecule has 1 fully saturated rings. The van der Waals surface area contributed by atoms with Gasteiger partial charge in [0, 0.05) is 30.5 Å². The molecule has 38 heavy (non-hydrogen) atoms. The third-order valence-corrected chi connectivity index (χ3v) is 12.9. The number of rotatable bonds is 11. The molecular weight excluding hydrogens is 493 g/mol. The van der Waals surface area contributed by atoms with Gasteiger partial charge in [-0.05, 0) is 87.9 Å². The van der Waals surface area contributed by atoms with E-state index in [9.17, 15) is 0 Å². The van der Waals surface area contributed by atoms with Crippen LogP contribution in [-0.4, -0.2) is 51.9 Å². The lowest BCUT2D eigenvalue weighted by atomic mass is 9.75. The van der Waals surface area contributed by atoms with Gasteiger partial charge in [0.05, 0.1) is 24.9 Å². The monoisotopic (exact) mass is 541 g/mol. The van der Waals surface area contributed by atoms with Crippen LogP contribution < -0.4 is 9.47 Å². The number of hydrogen-bond acceptors (Lipinski definition) is 6. The molecule has 1 aromatic carbocycles. The molecule has 0 radical (unpaired) electrons. The molecule has 8 heteroatoms. The van der Waals surface area contributed by atoms with Crippen molar-refractivity contribution in [2.45, 2.75) is 103 Å². The standard InChI is InChI=1S/C30H48BNO5Si/c1-12-15-34-27-17-22(13-14-26(27)33-9)23-16-24(20-32-19-23)25(21-35-38(10,11)28(2,3)4)18-31-36-29(5,6)30(7,8)37-31/h13-14,16-17,19-20,25H,12,15,18,21H2,1-11H3. The third kappa shape index (κ3) is 7.01. The number of benzene rings is 1. The largest absolute Gasteiger partial charge is 0.493 e. The highest BCUT2D eigenvalue weighted by atomic mass is 28.4. The molecule has 2 aromatic rings. The summed E-state index contributed by atoms with van der Waals surface area (Å²) in [6.07, 6.45) is 5.47. The molecule has 210 valence electrons. The zero-order chi connectivity index (χ0) is 28.4. The van der Waals surface area contributed by atoms with Gasteiger partial charge in [-0.3, -0.25) is 4.98 Å². The maximum Gasteiger partial charge on any atom is 0.458 e. The van der Waals surface area contributed by atoms with Gasteiger partial charge in [0.2, 0.25) is 0 Å². The second-order valence-electron chi connectivity index (χ2n) is 12.9. The fraction of sp³-hybridized carbons (Fsp3) is 0.633. The van der Waals surface area contributed by atoms with Gasteiger partial charge >= 0.3 is 7.12 Å². The van der Waals surface area contributed by atoms with Crippen LogP contribution in [0.4, 0.5) is 0 Å². The zero-order valence-electron chi connectivity index (χ0n) is 25.4. The highest BCUT2D eigenvalue weighted by Crippen LogP contribution is 2.42. The van der Waals surface area contributed by atoms with E-state index in [0.29, 0.717) is 19.5 Å². The summed E-state index contributed by atoms with van der Waals surface area (Å²) in [5.74, 6) is 1.54. The Morgan fingerprint density at radius 3 is 2.21 bits per heavy atom. The van der Waals surface area contributed by atoms with E-state index in [2.05, 4.69) is 79.5 Å². The first kappa shape index (κ1) is 30.7. The van der Waals surface area contributed by atoms with Crippen LogP contribution in [0, 0.1) is 0 Å². The van der Waals surface area contributed by atoms with E-state index in [1.807, 2.05) is 30.6 Å². The summed E-state index contributed by atoms with van der Waals surface area (Å²) in [4.78, 5) is 4.64. The smallest absolute Gasteiger partial charge is 0.458 e. The molecule has 1 aliphatic rings. The first-order chi connectivity index (χ1) is 17.6. The van der Waals surface area contributed by atoms with Crippen molar-refractivity contribution in [2.75, 3.05) is 20.3 Å². The van der Waals surface area contributed by atoms with Gasteiger partial charge < -0.3 is 23.2 Å². The van der Waals surface area contributed by atoms with Crippen molar-refractivity contribution in [1.29, 1.82) is 0 Å². The van der Waals surface area contributed by atoms with E-state index in [4.69, 9.17) is 23.2 Å². The molecule has 0 aliphatic carbocycles. The highest BCUT2D eigenvalue weighted by Gasteiger charge is 2.51. The van der Waals surface area contributed by atoms with E-state index in [-0.39, 0.29) is 29.3 Å². The fourth-order valence-corrected chi connectivity index (χ4v) is 5.19. The Hall–Kier alpha value is -1.87. The lowest BCUT2D eigenvalue weighted by Crippen LogP contribution is -2.42. The number of aromatic nitrogens is 1. The summed E-state index contributed by atoms with van der Waals surface area (Å²) < 4.78 is 31.0. The van der Waals surface area contributed by atoms with Crippen molar-refractivity contribution in [3.05, 3.63) is 42.2 Å². The van der Waals surface area contributed by atoms with Crippen LogP contribution in [0.2, 0.25) is 24.5 Å². The van der Waals surface area contributed by atoms with Gasteiger partial charge in [0.15, 0.2) is 19.8 Å². The average molecular weight is 542 g/mol. The predicted molar refractivity (Wildman–Crippen MR) is 159 cm³/mol. The Balaban J connectivity index is 1.93. The van der Waals surface area contributed by atoms with E-state index < -0.39 is 8.32 Å². The van der Waals surface area contributed by atoms with Crippen molar-refractivity contribution in [3.63, 3.8) is 0 Å². The second kappa shape index (κ2) is 11.7. The molecule has 0 saturated carbocycles. The summed E-state index contributed by atoms with van der Waals surface area (Å²) in [5, 5.41) is 0.125. The predicted octanol–water partition coefficient (Wildman–Crippen LogP) is 7.74. The van der Waals surface area contributed by atoms with Gasteiger partial charge in [-0.2, -0.15) is 0 Å². The van der Waals surface area contributed by atoms with Crippen LogP contribution in [0.25, 0.3) is 11.1 Å². The molecule has 1 aromatic heterocycles. The van der Waals surface area contributed by atoms with E-state index in [0.717, 1.165) is 34.6 Å². The molecule has 0 bridgehead atoms. The van der Waals surface area contributed by atoms with E-state index in [1.54, 1.807) is 7.11 Å². The number of pyridine rings is 1. The summed E-state index contributed by atoms with van der Waals surface area (Å²) in [5.41, 5.74) is 2.42. The van der Waals surface area contributed by atoms with Crippen LogP contribution in [0.15, 0.2) is 36.7 Å². The number of ether oxygens (including phenoxy) is 2. The molecule has 0 amide bonds. The Labute approximate surface area is 232 Å². The maximum absolute atomic E-state index is 6.73. The summed E-state index contributed by atoms with van der Waals surface area (Å²) in [7, 11) is -0.602. The molecule has 1 unspecified atom stereocenters. The zero-order valence-corrected chi connectivity index (χ0v) is 26.4. The van der Waals surface area contributed by atoms with Gasteiger partial charge in [0.25, 0.3) is 0 Å². The van der Waals surface area contributed by atoms with E-state index in [1.165, 1.54) is 0 Å². The molecule has 3 rings (SSSR count). The number of hydrogen-bond donors (Lipinski definition) is 0. The van der Waals surface area contributed by atoms with E-state index >= 15 is 0 Å². The van der Waals surface area contributed by atoms with Gasteiger partial charge in [-0.15, -0.1) is 0 Å². The SMILES string of the molecule is CCCOc1cc(-c2cncc(C(CO[Si](C)(C)C(C)(C)C)CB3OC(C)(C)C(C)(C)O3)c2)ccc1OC. The molecule has 6 nitrogen and oxygen atoms in total. The lowest BCUT2D eigenvalue weighted by Gasteiger charge is -2.37. The Bertz CT molecular complexity index is 1070. The molecular formula is C30H48BNO5Si. The molecule has 0 N–H and O–H groups in total. The first-order valence-corrected chi connectivity index (χ1v) is 16.8. The number of nitrogens with zero attached hydrogens (tertiary/aromatic N) is 1. The minimum atomic E-state index is -1.95. The van der Waals surface area contributed by atoms with Crippen LogP contribution in [0.1, 0.15) is 73.3 Å². The Morgan fingerprint density at radius 2 is 1.63 bits per heavy atom. The minimum absolute atomic E-state index is 0.0698. The number of methoxy groups -OCH3 is 1. The summed E-state index contributed by atoms with van der Waals surface area (Å²) in [6, 6.07) is 8.25. The molecule has 1 saturated heterocycles. The normalized spacial score (nSPS) is 17.9. The maximum atomic E-state index is 6.73. The highest BCUT2D eigenvalue weighted by molar-refractivity contribution is 6.74. The third-order valence-electron chi connectivity index (χ3n) is 8.42. The molecule has 0 spiro atoms. The molecule has 1 atom stereocenters. The van der Waals surface area contributed by atoms with Gasteiger partial charge in [-0.25, -0.2) is 0 Å². The molecule has 2 heterocycles. The average Bonchev–Trinajstić information content (AvgIpc) is 3.05. The van der Waals surface area contributed by atoms with Gasteiger partial charge in [0.1, 0.15) is 0 Å². The van der Waals surface area contributed by atoms with Gasteiger partial charge in [-0.1, -0.05) is 33.8 Å². The van der Waals surface area contributed by atoms with Crippen molar-refractivity contribution in [2.24, 2.45) is 0 Å². The van der Waals surface area contributed by atoms with Crippen molar-refractivity contribution < 1.29 is 23.2 Å². The quantitative estimate of drug-likeness (QED) is 0.271. The lowest BCUT2D eigenvalue weighted by molar-refractivity contribution is 0.00578. The topological polar surface area (TPSA) is 59.0 Å².